The second-order valence-electron chi connectivity index (χ2n) is 6.44. The van der Waals surface area contributed by atoms with Crippen molar-refractivity contribution >= 4 is 12.0 Å². The van der Waals surface area contributed by atoms with Gasteiger partial charge in [-0.1, -0.05) is 42.5 Å². The molecular weight excluding hydrogens is 356 g/mol. The van der Waals surface area contributed by atoms with Crippen LogP contribution in [0.1, 0.15) is 31.0 Å². The van der Waals surface area contributed by atoms with Gasteiger partial charge in [0.15, 0.2) is 0 Å². The Hall–Kier alpha value is -3.28. The topological polar surface area (TPSA) is 76.7 Å². The molecule has 6 heteroatoms. The third kappa shape index (κ3) is 4.71. The van der Waals surface area contributed by atoms with E-state index in [9.17, 15) is 9.59 Å². The van der Waals surface area contributed by atoms with Crippen molar-refractivity contribution in [2.24, 2.45) is 0 Å². The van der Waals surface area contributed by atoms with E-state index in [1.165, 1.54) is 0 Å². The molecule has 3 rings (SSSR count). The number of esters is 1. The maximum Gasteiger partial charge on any atom is 0.338 e. The van der Waals surface area contributed by atoms with E-state index in [1.807, 2.05) is 61.5 Å². The summed E-state index contributed by atoms with van der Waals surface area (Å²) in [7, 11) is 0. The van der Waals surface area contributed by atoms with Gasteiger partial charge in [-0.05, 0) is 37.1 Å². The van der Waals surface area contributed by atoms with E-state index in [0.717, 1.165) is 16.9 Å². The number of carbonyl (C=O) groups excluding carboxylic acids is 2. The van der Waals surface area contributed by atoms with Crippen molar-refractivity contribution in [1.82, 2.24) is 10.6 Å². The lowest BCUT2D eigenvalue weighted by atomic mass is 9.95. The molecule has 1 aliphatic heterocycles. The summed E-state index contributed by atoms with van der Waals surface area (Å²) in [5.74, 6) is 0.291. The van der Waals surface area contributed by atoms with E-state index in [1.54, 1.807) is 6.92 Å². The van der Waals surface area contributed by atoms with Crippen LogP contribution in [-0.2, 0) is 16.0 Å². The molecule has 0 saturated heterocycles. The highest BCUT2D eigenvalue weighted by molar-refractivity contribution is 5.95. The largest absolute Gasteiger partial charge is 0.494 e. The van der Waals surface area contributed by atoms with Gasteiger partial charge in [-0.2, -0.15) is 0 Å². The quantitative estimate of drug-likeness (QED) is 0.721. The van der Waals surface area contributed by atoms with Crippen LogP contribution in [0.2, 0.25) is 0 Å². The highest BCUT2D eigenvalue weighted by Crippen LogP contribution is 2.28. The minimum absolute atomic E-state index is 0.267. The minimum Gasteiger partial charge on any atom is -0.494 e. The summed E-state index contributed by atoms with van der Waals surface area (Å²) in [5, 5.41) is 5.46. The lowest BCUT2D eigenvalue weighted by Crippen LogP contribution is -2.45. The Balaban J connectivity index is 1.74. The van der Waals surface area contributed by atoms with Gasteiger partial charge in [0.2, 0.25) is 0 Å². The van der Waals surface area contributed by atoms with Crippen LogP contribution in [0.15, 0.2) is 65.9 Å². The van der Waals surface area contributed by atoms with Crippen molar-refractivity contribution in [2.45, 2.75) is 26.3 Å². The van der Waals surface area contributed by atoms with Gasteiger partial charge in [0.05, 0.1) is 24.8 Å². The van der Waals surface area contributed by atoms with E-state index in [2.05, 4.69) is 10.6 Å². The molecule has 6 nitrogen and oxygen atoms in total. The zero-order chi connectivity index (χ0) is 19.9. The predicted molar refractivity (Wildman–Crippen MR) is 106 cm³/mol. The number of allylic oxidation sites excluding steroid dienone is 1. The van der Waals surface area contributed by atoms with Crippen molar-refractivity contribution in [3.05, 3.63) is 77.0 Å². The SMILES string of the molecule is CCOc1ccc([C@@H]2NC(=O)NC(C)=C2C(=O)OCCc2ccccc2)cc1. The average Bonchev–Trinajstić information content (AvgIpc) is 2.69. The number of hydrogen-bond donors (Lipinski definition) is 2. The summed E-state index contributed by atoms with van der Waals surface area (Å²) in [6, 6.07) is 16.2. The van der Waals surface area contributed by atoms with Gasteiger partial charge in [0.1, 0.15) is 5.75 Å². The molecular formula is C22H24N2O4. The Morgan fingerprint density at radius 1 is 1.07 bits per heavy atom. The van der Waals surface area contributed by atoms with E-state index in [0.29, 0.717) is 24.3 Å². The lowest BCUT2D eigenvalue weighted by Gasteiger charge is -2.28. The predicted octanol–water partition coefficient (Wildman–Crippen LogP) is 3.50. The number of rotatable bonds is 7. The molecule has 2 N–H and O–H groups in total. The molecule has 0 radical (unpaired) electrons. The molecule has 0 fully saturated rings. The Labute approximate surface area is 164 Å². The number of urea groups is 1. The number of carbonyl (C=O) groups is 2. The molecule has 0 unspecified atom stereocenters. The highest BCUT2D eigenvalue weighted by Gasteiger charge is 2.32. The number of hydrogen-bond acceptors (Lipinski definition) is 4. The molecule has 1 aliphatic rings. The van der Waals surface area contributed by atoms with Gasteiger partial charge in [-0.15, -0.1) is 0 Å². The first kappa shape index (κ1) is 19.5. The van der Waals surface area contributed by atoms with E-state index in [-0.39, 0.29) is 12.6 Å². The zero-order valence-electron chi connectivity index (χ0n) is 16.0. The third-order valence-electron chi connectivity index (χ3n) is 4.48. The second kappa shape index (κ2) is 9.08. The fraction of sp³-hybridized carbons (Fsp3) is 0.273. The van der Waals surface area contributed by atoms with Crippen molar-refractivity contribution in [2.75, 3.05) is 13.2 Å². The maximum atomic E-state index is 12.8. The molecule has 1 atom stereocenters. The Bertz CT molecular complexity index is 860. The Morgan fingerprint density at radius 2 is 1.79 bits per heavy atom. The van der Waals surface area contributed by atoms with Gasteiger partial charge in [-0.3, -0.25) is 0 Å². The van der Waals surface area contributed by atoms with Crippen LogP contribution in [0.25, 0.3) is 0 Å². The molecule has 0 aliphatic carbocycles. The van der Waals surface area contributed by atoms with Crippen LogP contribution in [0.5, 0.6) is 5.75 Å². The van der Waals surface area contributed by atoms with E-state index < -0.39 is 12.0 Å². The van der Waals surface area contributed by atoms with E-state index in [4.69, 9.17) is 9.47 Å². The van der Waals surface area contributed by atoms with Crippen LogP contribution in [-0.4, -0.2) is 25.2 Å². The van der Waals surface area contributed by atoms with E-state index >= 15 is 0 Å². The van der Waals surface area contributed by atoms with Gasteiger partial charge < -0.3 is 20.1 Å². The van der Waals surface area contributed by atoms with Gasteiger partial charge in [-0.25, -0.2) is 9.59 Å². The van der Waals surface area contributed by atoms with Crippen molar-refractivity contribution in [3.63, 3.8) is 0 Å². The third-order valence-corrected chi connectivity index (χ3v) is 4.48. The number of nitrogens with one attached hydrogen (secondary N) is 2. The summed E-state index contributed by atoms with van der Waals surface area (Å²) in [6.07, 6.45) is 0.631. The average molecular weight is 380 g/mol. The highest BCUT2D eigenvalue weighted by atomic mass is 16.5. The van der Waals surface area contributed by atoms with Gasteiger partial charge >= 0.3 is 12.0 Å². The molecule has 28 heavy (non-hydrogen) atoms. The maximum absolute atomic E-state index is 12.8. The second-order valence-corrected chi connectivity index (χ2v) is 6.44. The van der Waals surface area contributed by atoms with Crippen molar-refractivity contribution < 1.29 is 19.1 Å². The van der Waals surface area contributed by atoms with Gasteiger partial charge in [0, 0.05) is 12.1 Å². The summed E-state index contributed by atoms with van der Waals surface area (Å²) < 4.78 is 10.9. The first-order valence-electron chi connectivity index (χ1n) is 9.30. The smallest absolute Gasteiger partial charge is 0.338 e. The Kier molecular flexibility index (Phi) is 6.32. The molecule has 0 bridgehead atoms. The Morgan fingerprint density at radius 3 is 2.46 bits per heavy atom. The monoisotopic (exact) mass is 380 g/mol. The molecule has 0 aromatic heterocycles. The van der Waals surface area contributed by atoms with Crippen molar-refractivity contribution in [1.29, 1.82) is 0 Å². The first-order valence-corrected chi connectivity index (χ1v) is 9.30. The standard InChI is InChI=1S/C22H24N2O4/c1-3-27-18-11-9-17(10-12-18)20-19(15(2)23-22(26)24-20)21(25)28-14-13-16-7-5-4-6-8-16/h4-12,20H,3,13-14H2,1-2H3,(H2,23,24,26)/t20-/m0/s1. The number of benzene rings is 2. The lowest BCUT2D eigenvalue weighted by molar-refractivity contribution is -0.139. The van der Waals surface area contributed by atoms with Crippen LogP contribution < -0.4 is 15.4 Å². The molecule has 2 amide bonds. The molecule has 0 spiro atoms. The molecule has 2 aromatic rings. The summed E-state index contributed by atoms with van der Waals surface area (Å²) in [6.45, 7) is 4.45. The molecule has 146 valence electrons. The molecule has 1 heterocycles. The number of amides is 2. The fourth-order valence-corrected chi connectivity index (χ4v) is 3.12. The number of ether oxygens (including phenoxy) is 2. The summed E-state index contributed by atoms with van der Waals surface area (Å²) in [4.78, 5) is 24.7. The normalized spacial score (nSPS) is 16.2. The fourth-order valence-electron chi connectivity index (χ4n) is 3.12. The summed E-state index contributed by atoms with van der Waals surface area (Å²) in [5.41, 5.74) is 2.77. The van der Waals surface area contributed by atoms with Gasteiger partial charge in [0.25, 0.3) is 0 Å². The minimum atomic E-state index is -0.575. The van der Waals surface area contributed by atoms with Crippen LogP contribution >= 0.6 is 0 Å². The zero-order valence-corrected chi connectivity index (χ0v) is 16.0. The molecule has 2 aromatic carbocycles. The van der Waals surface area contributed by atoms with Crippen LogP contribution in [0, 0.1) is 0 Å². The van der Waals surface area contributed by atoms with Crippen LogP contribution in [0.3, 0.4) is 0 Å². The first-order chi connectivity index (χ1) is 13.6. The van der Waals surface area contributed by atoms with Crippen molar-refractivity contribution in [3.8, 4) is 5.75 Å². The summed E-state index contributed by atoms with van der Waals surface area (Å²) >= 11 is 0. The van der Waals surface area contributed by atoms with Crippen LogP contribution in [0.4, 0.5) is 4.79 Å². The molecule has 0 saturated carbocycles.